The Bertz CT molecular complexity index is 474. The Labute approximate surface area is 121 Å². The lowest BCUT2D eigenvalue weighted by molar-refractivity contribution is -0.123. The predicted molar refractivity (Wildman–Crippen MR) is 83.5 cm³/mol. The molecule has 1 aromatic carbocycles. The summed E-state index contributed by atoms with van der Waals surface area (Å²) in [6.07, 6.45) is 3.80. The van der Waals surface area contributed by atoms with Gasteiger partial charge in [0.15, 0.2) is 0 Å². The summed E-state index contributed by atoms with van der Waals surface area (Å²) in [5.41, 5.74) is 7.32. The van der Waals surface area contributed by atoms with Gasteiger partial charge in [-0.05, 0) is 62.1 Å². The van der Waals surface area contributed by atoms with E-state index in [1.54, 1.807) is 0 Å². The lowest BCUT2D eigenvalue weighted by Crippen LogP contribution is -2.53. The molecule has 3 N–H and O–H groups in total. The van der Waals surface area contributed by atoms with Gasteiger partial charge in [0.25, 0.3) is 0 Å². The zero-order chi connectivity index (χ0) is 14.8. The molecule has 1 aliphatic rings. The zero-order valence-corrected chi connectivity index (χ0v) is 12.8. The Morgan fingerprint density at radius 1 is 1.35 bits per heavy atom. The van der Waals surface area contributed by atoms with E-state index < -0.39 is 5.54 Å². The normalized spacial score (nSPS) is 26.5. The molecule has 0 atom stereocenters. The van der Waals surface area contributed by atoms with E-state index >= 15 is 0 Å². The number of hydrogen-bond acceptors (Lipinski definition) is 2. The molecule has 110 valence electrons. The van der Waals surface area contributed by atoms with Crippen molar-refractivity contribution >= 4 is 11.6 Å². The van der Waals surface area contributed by atoms with Gasteiger partial charge in [-0.1, -0.05) is 26.0 Å². The predicted octanol–water partition coefficient (Wildman–Crippen LogP) is 3.48. The fraction of sp³-hybridized carbons (Fsp3) is 0.588. The van der Waals surface area contributed by atoms with Gasteiger partial charge in [0.05, 0.1) is 0 Å². The molecule has 1 amide bonds. The fourth-order valence-corrected chi connectivity index (χ4v) is 3.23. The van der Waals surface area contributed by atoms with Gasteiger partial charge in [-0.25, -0.2) is 0 Å². The number of amides is 1. The molecule has 2 rings (SSSR count). The van der Waals surface area contributed by atoms with Crippen molar-refractivity contribution in [3.05, 3.63) is 29.8 Å². The topological polar surface area (TPSA) is 55.1 Å². The number of hydrogen-bond donors (Lipinski definition) is 2. The van der Waals surface area contributed by atoms with Gasteiger partial charge in [0.1, 0.15) is 5.54 Å². The lowest BCUT2D eigenvalue weighted by Gasteiger charge is -2.40. The standard InChI is InChI=1S/C17H26N2O/c1-12(2)14-7-9-17(10-8-14,16(18)20)19-15-6-4-5-13(3)11-15/h4-6,11-12,14,19H,7-10H2,1-3H3,(H2,18,20). The van der Waals surface area contributed by atoms with Crippen LogP contribution in [0, 0.1) is 18.8 Å². The maximum atomic E-state index is 12.0. The molecule has 0 spiro atoms. The fourth-order valence-electron chi connectivity index (χ4n) is 3.23. The number of carbonyl (C=O) groups excluding carboxylic acids is 1. The SMILES string of the molecule is Cc1cccc(NC2(C(N)=O)CCC(C(C)C)CC2)c1. The summed E-state index contributed by atoms with van der Waals surface area (Å²) < 4.78 is 0. The number of carbonyl (C=O) groups is 1. The molecule has 0 heterocycles. The summed E-state index contributed by atoms with van der Waals surface area (Å²) in [5.74, 6) is 1.17. The van der Waals surface area contributed by atoms with Crippen LogP contribution in [0.5, 0.6) is 0 Å². The molecular formula is C17H26N2O. The molecule has 0 aliphatic heterocycles. The van der Waals surface area contributed by atoms with Gasteiger partial charge in [-0.3, -0.25) is 4.79 Å². The quantitative estimate of drug-likeness (QED) is 0.883. The monoisotopic (exact) mass is 274 g/mol. The van der Waals surface area contributed by atoms with Gasteiger partial charge < -0.3 is 11.1 Å². The van der Waals surface area contributed by atoms with Crippen molar-refractivity contribution in [1.82, 2.24) is 0 Å². The molecule has 0 bridgehead atoms. The van der Waals surface area contributed by atoms with E-state index in [9.17, 15) is 4.79 Å². The molecule has 1 aliphatic carbocycles. The van der Waals surface area contributed by atoms with Crippen molar-refractivity contribution in [2.24, 2.45) is 17.6 Å². The molecule has 0 unspecified atom stereocenters. The third-order valence-electron chi connectivity index (χ3n) is 4.70. The van der Waals surface area contributed by atoms with Crippen LogP contribution in [0.4, 0.5) is 5.69 Å². The summed E-state index contributed by atoms with van der Waals surface area (Å²) in [6, 6.07) is 8.13. The Hall–Kier alpha value is -1.51. The average Bonchev–Trinajstić information content (AvgIpc) is 2.39. The second-order valence-electron chi connectivity index (χ2n) is 6.52. The highest BCUT2D eigenvalue weighted by molar-refractivity contribution is 5.88. The van der Waals surface area contributed by atoms with Crippen LogP contribution in [0.15, 0.2) is 24.3 Å². The first-order valence-corrected chi connectivity index (χ1v) is 7.58. The minimum atomic E-state index is -0.570. The summed E-state index contributed by atoms with van der Waals surface area (Å²) in [6.45, 7) is 6.57. The Morgan fingerprint density at radius 2 is 2.00 bits per heavy atom. The molecule has 0 aromatic heterocycles. The number of nitrogens with one attached hydrogen (secondary N) is 1. The van der Waals surface area contributed by atoms with Crippen molar-refractivity contribution in [2.45, 2.75) is 52.0 Å². The molecule has 1 fully saturated rings. The van der Waals surface area contributed by atoms with E-state index in [-0.39, 0.29) is 5.91 Å². The van der Waals surface area contributed by atoms with Crippen molar-refractivity contribution in [2.75, 3.05) is 5.32 Å². The number of rotatable bonds is 4. The van der Waals surface area contributed by atoms with Crippen LogP contribution >= 0.6 is 0 Å². The van der Waals surface area contributed by atoms with Crippen LogP contribution in [0.2, 0.25) is 0 Å². The maximum absolute atomic E-state index is 12.0. The second kappa shape index (κ2) is 5.86. The smallest absolute Gasteiger partial charge is 0.243 e. The van der Waals surface area contributed by atoms with Gasteiger partial charge in [-0.15, -0.1) is 0 Å². The zero-order valence-electron chi connectivity index (χ0n) is 12.8. The van der Waals surface area contributed by atoms with E-state index in [0.29, 0.717) is 11.8 Å². The van der Waals surface area contributed by atoms with Crippen LogP contribution in [-0.4, -0.2) is 11.4 Å². The van der Waals surface area contributed by atoms with Crippen molar-refractivity contribution < 1.29 is 4.79 Å². The van der Waals surface area contributed by atoms with Crippen LogP contribution in [0.1, 0.15) is 45.1 Å². The largest absolute Gasteiger partial charge is 0.371 e. The van der Waals surface area contributed by atoms with Crippen molar-refractivity contribution in [3.8, 4) is 0 Å². The van der Waals surface area contributed by atoms with E-state index in [2.05, 4.69) is 38.2 Å². The molecule has 1 aromatic rings. The number of aryl methyl sites for hydroxylation is 1. The van der Waals surface area contributed by atoms with Gasteiger partial charge in [0.2, 0.25) is 5.91 Å². The minimum absolute atomic E-state index is 0.221. The van der Waals surface area contributed by atoms with Crippen LogP contribution in [-0.2, 0) is 4.79 Å². The van der Waals surface area contributed by atoms with Crippen molar-refractivity contribution in [3.63, 3.8) is 0 Å². The number of benzene rings is 1. The number of primary amides is 1. The van der Waals surface area contributed by atoms with Gasteiger partial charge in [0, 0.05) is 5.69 Å². The van der Waals surface area contributed by atoms with Crippen LogP contribution in [0.25, 0.3) is 0 Å². The first-order valence-electron chi connectivity index (χ1n) is 7.58. The first-order chi connectivity index (χ1) is 9.43. The Balaban J connectivity index is 2.14. The molecule has 20 heavy (non-hydrogen) atoms. The van der Waals surface area contributed by atoms with Crippen LogP contribution < -0.4 is 11.1 Å². The summed E-state index contributed by atoms with van der Waals surface area (Å²) >= 11 is 0. The summed E-state index contributed by atoms with van der Waals surface area (Å²) in [5, 5.41) is 3.42. The minimum Gasteiger partial charge on any atom is -0.371 e. The third-order valence-corrected chi connectivity index (χ3v) is 4.70. The van der Waals surface area contributed by atoms with E-state index in [1.807, 2.05) is 12.1 Å². The summed E-state index contributed by atoms with van der Waals surface area (Å²) in [7, 11) is 0. The average molecular weight is 274 g/mol. The Morgan fingerprint density at radius 3 is 2.50 bits per heavy atom. The molecule has 3 nitrogen and oxygen atoms in total. The highest BCUT2D eigenvalue weighted by Gasteiger charge is 2.40. The molecule has 3 heteroatoms. The summed E-state index contributed by atoms with van der Waals surface area (Å²) in [4.78, 5) is 12.0. The number of anilines is 1. The van der Waals surface area contributed by atoms with Crippen LogP contribution in [0.3, 0.4) is 0 Å². The first kappa shape index (κ1) is 14.9. The highest BCUT2D eigenvalue weighted by Crippen LogP contribution is 2.37. The molecular weight excluding hydrogens is 248 g/mol. The molecule has 1 saturated carbocycles. The maximum Gasteiger partial charge on any atom is 0.243 e. The Kier molecular flexibility index (Phi) is 4.36. The second-order valence-corrected chi connectivity index (χ2v) is 6.52. The highest BCUT2D eigenvalue weighted by atomic mass is 16.1. The van der Waals surface area contributed by atoms with E-state index in [0.717, 1.165) is 31.4 Å². The molecule has 0 radical (unpaired) electrons. The van der Waals surface area contributed by atoms with Gasteiger partial charge >= 0.3 is 0 Å². The van der Waals surface area contributed by atoms with E-state index in [4.69, 9.17) is 5.73 Å². The molecule has 0 saturated heterocycles. The van der Waals surface area contributed by atoms with Gasteiger partial charge in [-0.2, -0.15) is 0 Å². The lowest BCUT2D eigenvalue weighted by atomic mass is 9.72. The van der Waals surface area contributed by atoms with E-state index in [1.165, 1.54) is 5.56 Å². The third kappa shape index (κ3) is 3.14. The van der Waals surface area contributed by atoms with Crippen molar-refractivity contribution in [1.29, 1.82) is 0 Å². The number of nitrogens with two attached hydrogens (primary N) is 1.